The molecule has 0 fully saturated rings. The van der Waals surface area contributed by atoms with Gasteiger partial charge in [-0.05, 0) is 37.1 Å². The van der Waals surface area contributed by atoms with Crippen LogP contribution in [0.25, 0.3) is 0 Å². The molecule has 0 amide bonds. The molecule has 0 heterocycles. The second-order valence-electron chi connectivity index (χ2n) is 2.57. The van der Waals surface area contributed by atoms with Gasteiger partial charge in [-0.3, -0.25) is 0 Å². The Hall–Kier alpha value is -0.500. The van der Waals surface area contributed by atoms with E-state index < -0.39 is 0 Å². The highest BCUT2D eigenvalue weighted by molar-refractivity contribution is 9.10. The summed E-state index contributed by atoms with van der Waals surface area (Å²) in [5, 5.41) is 0. The van der Waals surface area contributed by atoms with Gasteiger partial charge >= 0.3 is 0 Å². The van der Waals surface area contributed by atoms with E-state index in [1.165, 1.54) is 5.56 Å². The van der Waals surface area contributed by atoms with E-state index in [0.717, 1.165) is 15.8 Å². The fourth-order valence-corrected chi connectivity index (χ4v) is 1.43. The second-order valence-corrected chi connectivity index (χ2v) is 3.43. The highest BCUT2D eigenvalue weighted by atomic mass is 79.9. The lowest BCUT2D eigenvalue weighted by molar-refractivity contribution is 0.411. The van der Waals surface area contributed by atoms with Crippen LogP contribution in [0, 0.1) is 13.8 Å². The molecule has 0 N–H and O–H groups in total. The van der Waals surface area contributed by atoms with Gasteiger partial charge in [-0.1, -0.05) is 15.9 Å². The number of ether oxygens (including phenoxy) is 1. The predicted molar refractivity (Wildman–Crippen MR) is 50.2 cm³/mol. The topological polar surface area (TPSA) is 9.23 Å². The number of halogens is 1. The van der Waals surface area contributed by atoms with Crippen LogP contribution in [0.2, 0.25) is 0 Å². The summed E-state index contributed by atoms with van der Waals surface area (Å²) < 4.78 is 6.29. The monoisotopic (exact) mass is 214 g/mol. The van der Waals surface area contributed by atoms with Crippen molar-refractivity contribution >= 4 is 15.9 Å². The molecule has 0 aliphatic heterocycles. The second kappa shape index (κ2) is 3.26. The predicted octanol–water partition coefficient (Wildman–Crippen LogP) is 3.07. The molecular weight excluding hydrogens is 204 g/mol. The maximum Gasteiger partial charge on any atom is 0.122 e. The summed E-state index contributed by atoms with van der Waals surface area (Å²) in [5.74, 6) is 0.950. The lowest BCUT2D eigenvalue weighted by Crippen LogP contribution is -1.88. The van der Waals surface area contributed by atoms with Crippen molar-refractivity contribution < 1.29 is 4.74 Å². The third kappa shape index (κ3) is 1.74. The van der Waals surface area contributed by atoms with Gasteiger partial charge in [0.1, 0.15) is 5.75 Å². The van der Waals surface area contributed by atoms with E-state index in [9.17, 15) is 0 Å². The van der Waals surface area contributed by atoms with Gasteiger partial charge in [0.25, 0.3) is 0 Å². The molecule has 1 aromatic rings. The van der Waals surface area contributed by atoms with Crippen molar-refractivity contribution in [2.24, 2.45) is 0 Å². The lowest BCUT2D eigenvalue weighted by Gasteiger charge is -2.06. The molecule has 60 valence electrons. The Morgan fingerprint density at radius 2 is 1.82 bits per heavy atom. The molecular formula is C9H11BrO. The minimum atomic E-state index is 0.950. The van der Waals surface area contributed by atoms with E-state index in [1.807, 2.05) is 19.9 Å². The Morgan fingerprint density at radius 1 is 1.18 bits per heavy atom. The van der Waals surface area contributed by atoms with Crippen LogP contribution in [0.1, 0.15) is 11.1 Å². The van der Waals surface area contributed by atoms with Gasteiger partial charge in [-0.25, -0.2) is 0 Å². The van der Waals surface area contributed by atoms with Crippen molar-refractivity contribution in [3.8, 4) is 5.75 Å². The van der Waals surface area contributed by atoms with Gasteiger partial charge in [-0.15, -0.1) is 0 Å². The molecule has 0 saturated carbocycles. The van der Waals surface area contributed by atoms with E-state index in [1.54, 1.807) is 7.11 Å². The van der Waals surface area contributed by atoms with E-state index in [0.29, 0.717) is 0 Å². The first-order chi connectivity index (χ1) is 5.15. The quantitative estimate of drug-likeness (QED) is 0.699. The first kappa shape index (κ1) is 8.60. The van der Waals surface area contributed by atoms with Crippen LogP contribution in [0.4, 0.5) is 0 Å². The summed E-state index contributed by atoms with van der Waals surface area (Å²) in [4.78, 5) is 0. The third-order valence-electron chi connectivity index (χ3n) is 1.68. The zero-order valence-corrected chi connectivity index (χ0v) is 8.53. The van der Waals surface area contributed by atoms with Crippen LogP contribution in [0.15, 0.2) is 16.6 Å². The number of rotatable bonds is 1. The molecule has 0 radical (unpaired) electrons. The van der Waals surface area contributed by atoms with Crippen molar-refractivity contribution in [1.29, 1.82) is 0 Å². The molecule has 0 aromatic heterocycles. The standard InChI is InChI=1S/C9H11BrO/c1-6-5-9(11-3)7(2)4-8(6)10/h4-5H,1-3H3. The number of hydrogen-bond donors (Lipinski definition) is 0. The Balaban J connectivity index is 3.21. The molecule has 0 unspecified atom stereocenters. The van der Waals surface area contributed by atoms with Gasteiger partial charge < -0.3 is 4.74 Å². The lowest BCUT2D eigenvalue weighted by atomic mass is 10.1. The largest absolute Gasteiger partial charge is 0.496 e. The minimum absolute atomic E-state index is 0.950. The summed E-state index contributed by atoms with van der Waals surface area (Å²) in [5.41, 5.74) is 2.36. The SMILES string of the molecule is COc1cc(C)c(Br)cc1C. The number of hydrogen-bond acceptors (Lipinski definition) is 1. The maximum absolute atomic E-state index is 5.16. The van der Waals surface area contributed by atoms with Crippen molar-refractivity contribution in [1.82, 2.24) is 0 Å². The first-order valence-electron chi connectivity index (χ1n) is 3.46. The molecule has 0 bridgehead atoms. The van der Waals surface area contributed by atoms with Crippen LogP contribution in [-0.2, 0) is 0 Å². The molecule has 0 aliphatic carbocycles. The average Bonchev–Trinajstić information content (AvgIpc) is 1.97. The summed E-state index contributed by atoms with van der Waals surface area (Å²) in [6, 6.07) is 4.09. The average molecular weight is 215 g/mol. The minimum Gasteiger partial charge on any atom is -0.496 e. The summed E-state index contributed by atoms with van der Waals surface area (Å²) in [6.45, 7) is 4.08. The number of benzene rings is 1. The van der Waals surface area contributed by atoms with Crippen LogP contribution < -0.4 is 4.74 Å². The maximum atomic E-state index is 5.16. The Kier molecular flexibility index (Phi) is 2.55. The zero-order chi connectivity index (χ0) is 8.43. The molecule has 0 spiro atoms. The van der Waals surface area contributed by atoms with E-state index in [4.69, 9.17) is 4.74 Å². The molecule has 11 heavy (non-hydrogen) atoms. The molecule has 1 rings (SSSR count). The molecule has 0 aliphatic rings. The normalized spacial score (nSPS) is 9.82. The van der Waals surface area contributed by atoms with Crippen molar-refractivity contribution in [2.45, 2.75) is 13.8 Å². The third-order valence-corrected chi connectivity index (χ3v) is 2.53. The van der Waals surface area contributed by atoms with Crippen molar-refractivity contribution in [2.75, 3.05) is 7.11 Å². The first-order valence-corrected chi connectivity index (χ1v) is 4.25. The van der Waals surface area contributed by atoms with E-state index in [-0.39, 0.29) is 0 Å². The smallest absolute Gasteiger partial charge is 0.122 e. The Morgan fingerprint density at radius 3 is 2.36 bits per heavy atom. The summed E-state index contributed by atoms with van der Waals surface area (Å²) in [7, 11) is 1.69. The molecule has 0 atom stereocenters. The summed E-state index contributed by atoms with van der Waals surface area (Å²) in [6.07, 6.45) is 0. The summed E-state index contributed by atoms with van der Waals surface area (Å²) >= 11 is 3.45. The van der Waals surface area contributed by atoms with Crippen LogP contribution in [0.5, 0.6) is 5.75 Å². The van der Waals surface area contributed by atoms with Crippen LogP contribution >= 0.6 is 15.9 Å². The fraction of sp³-hybridized carbons (Fsp3) is 0.333. The van der Waals surface area contributed by atoms with Gasteiger partial charge in [0.05, 0.1) is 7.11 Å². The van der Waals surface area contributed by atoms with Crippen molar-refractivity contribution in [3.63, 3.8) is 0 Å². The number of aryl methyl sites for hydroxylation is 2. The molecule has 1 nitrogen and oxygen atoms in total. The van der Waals surface area contributed by atoms with E-state index >= 15 is 0 Å². The molecule has 1 aromatic carbocycles. The van der Waals surface area contributed by atoms with Crippen LogP contribution in [-0.4, -0.2) is 7.11 Å². The Bertz CT molecular complexity index is 269. The highest BCUT2D eigenvalue weighted by Crippen LogP contribution is 2.25. The number of methoxy groups -OCH3 is 1. The molecule has 2 heteroatoms. The molecule has 0 saturated heterocycles. The van der Waals surface area contributed by atoms with Gasteiger partial charge in [-0.2, -0.15) is 0 Å². The van der Waals surface area contributed by atoms with Gasteiger partial charge in [0.15, 0.2) is 0 Å². The van der Waals surface area contributed by atoms with Crippen LogP contribution in [0.3, 0.4) is 0 Å². The van der Waals surface area contributed by atoms with Crippen molar-refractivity contribution in [3.05, 3.63) is 27.7 Å². The zero-order valence-electron chi connectivity index (χ0n) is 6.94. The fourth-order valence-electron chi connectivity index (χ4n) is 0.974. The Labute approximate surface area is 75.5 Å². The van der Waals surface area contributed by atoms with E-state index in [2.05, 4.69) is 22.0 Å². The van der Waals surface area contributed by atoms with Gasteiger partial charge in [0, 0.05) is 4.47 Å². The van der Waals surface area contributed by atoms with Gasteiger partial charge in [0.2, 0.25) is 0 Å². The highest BCUT2D eigenvalue weighted by Gasteiger charge is 2.00.